The van der Waals surface area contributed by atoms with Crippen LogP contribution in [0, 0.1) is 5.92 Å². The smallest absolute Gasteiger partial charge is 0.262 e. The molecule has 0 saturated carbocycles. The Morgan fingerprint density at radius 1 is 0.935 bits per heavy atom. The number of ether oxygens (including phenoxy) is 3. The highest BCUT2D eigenvalue weighted by atomic mass is 32.2. The lowest BCUT2D eigenvalue weighted by Crippen LogP contribution is -2.13. The van der Waals surface area contributed by atoms with Gasteiger partial charge in [0.05, 0.1) is 31.4 Å². The molecule has 0 saturated heterocycles. The summed E-state index contributed by atoms with van der Waals surface area (Å²) in [6.45, 7) is 4.66. The number of sulfonamides is 1. The second-order valence-corrected chi connectivity index (χ2v) is 8.85. The van der Waals surface area contributed by atoms with Gasteiger partial charge < -0.3 is 14.2 Å². The zero-order valence-corrected chi connectivity index (χ0v) is 18.6. The van der Waals surface area contributed by atoms with Gasteiger partial charge in [0.1, 0.15) is 0 Å². The molecule has 0 aliphatic carbocycles. The van der Waals surface area contributed by atoms with E-state index in [0.29, 0.717) is 41.3 Å². The number of hydrogen-bond acceptors (Lipinski definition) is 7. The van der Waals surface area contributed by atoms with Crippen LogP contribution >= 0.6 is 0 Å². The van der Waals surface area contributed by atoms with Crippen LogP contribution in [0.1, 0.15) is 13.8 Å². The maximum atomic E-state index is 12.8. The molecule has 0 aliphatic heterocycles. The molecule has 0 atom stereocenters. The van der Waals surface area contributed by atoms with E-state index >= 15 is 0 Å². The molecule has 0 unspecified atom stereocenters. The lowest BCUT2D eigenvalue weighted by atomic mass is 10.1. The zero-order chi connectivity index (χ0) is 22.4. The highest BCUT2D eigenvalue weighted by Crippen LogP contribution is 2.30. The van der Waals surface area contributed by atoms with Crippen LogP contribution < -0.4 is 18.9 Å². The summed E-state index contributed by atoms with van der Waals surface area (Å²) in [7, 11) is -0.896. The largest absolute Gasteiger partial charge is 0.493 e. The summed E-state index contributed by atoms with van der Waals surface area (Å²) in [6, 6.07) is 14.9. The van der Waals surface area contributed by atoms with E-state index in [1.165, 1.54) is 26.4 Å². The predicted molar refractivity (Wildman–Crippen MR) is 118 cm³/mol. The van der Waals surface area contributed by atoms with Gasteiger partial charge in [0.15, 0.2) is 11.5 Å². The minimum Gasteiger partial charge on any atom is -0.493 e. The minimum atomic E-state index is -3.83. The molecule has 2 aromatic carbocycles. The molecule has 1 aromatic heterocycles. The molecule has 0 spiro atoms. The normalized spacial score (nSPS) is 11.3. The number of anilines is 1. The first kappa shape index (κ1) is 22.4. The van der Waals surface area contributed by atoms with Crippen LogP contribution in [0.25, 0.3) is 11.3 Å². The van der Waals surface area contributed by atoms with Crippen LogP contribution in [0.2, 0.25) is 0 Å². The molecule has 0 amide bonds. The van der Waals surface area contributed by atoms with E-state index in [9.17, 15) is 8.42 Å². The van der Waals surface area contributed by atoms with Gasteiger partial charge in [0, 0.05) is 23.4 Å². The van der Waals surface area contributed by atoms with Crippen molar-refractivity contribution in [1.82, 2.24) is 10.2 Å². The van der Waals surface area contributed by atoms with Gasteiger partial charge in [-0.3, -0.25) is 4.72 Å². The molecule has 1 N–H and O–H groups in total. The number of nitrogens with one attached hydrogen (secondary N) is 1. The lowest BCUT2D eigenvalue weighted by molar-refractivity contribution is 0.258. The van der Waals surface area contributed by atoms with Crippen LogP contribution in [0.5, 0.6) is 17.4 Å². The first-order valence-corrected chi connectivity index (χ1v) is 11.1. The fourth-order valence-electron chi connectivity index (χ4n) is 2.74. The molecular weight excluding hydrogens is 418 g/mol. The quantitative estimate of drug-likeness (QED) is 0.534. The van der Waals surface area contributed by atoms with Crippen LogP contribution in [0.3, 0.4) is 0 Å². The van der Waals surface area contributed by atoms with Crippen molar-refractivity contribution in [2.24, 2.45) is 5.92 Å². The van der Waals surface area contributed by atoms with Crippen molar-refractivity contribution >= 4 is 15.7 Å². The first-order chi connectivity index (χ1) is 14.8. The van der Waals surface area contributed by atoms with Gasteiger partial charge in [-0.2, -0.15) is 0 Å². The summed E-state index contributed by atoms with van der Waals surface area (Å²) in [5.41, 5.74) is 1.72. The molecule has 0 bridgehead atoms. The van der Waals surface area contributed by atoms with Gasteiger partial charge in [-0.25, -0.2) is 8.42 Å². The highest BCUT2D eigenvalue weighted by Gasteiger charge is 2.17. The summed E-state index contributed by atoms with van der Waals surface area (Å²) >= 11 is 0. The molecule has 31 heavy (non-hydrogen) atoms. The van der Waals surface area contributed by atoms with Crippen molar-refractivity contribution in [2.45, 2.75) is 18.7 Å². The maximum absolute atomic E-state index is 12.8. The Hall–Kier alpha value is -3.33. The molecule has 3 aromatic rings. The third kappa shape index (κ3) is 5.64. The van der Waals surface area contributed by atoms with Crippen LogP contribution in [0.4, 0.5) is 5.69 Å². The van der Waals surface area contributed by atoms with Gasteiger partial charge in [-0.1, -0.05) is 26.0 Å². The fourth-order valence-corrected chi connectivity index (χ4v) is 3.81. The zero-order valence-electron chi connectivity index (χ0n) is 17.8. The van der Waals surface area contributed by atoms with Gasteiger partial charge in [-0.05, 0) is 36.2 Å². The number of rotatable bonds is 9. The second kappa shape index (κ2) is 9.65. The lowest BCUT2D eigenvalue weighted by Gasteiger charge is -2.12. The number of hydrogen-bond donors (Lipinski definition) is 1. The molecule has 1 heterocycles. The van der Waals surface area contributed by atoms with Crippen molar-refractivity contribution in [3.8, 4) is 28.6 Å². The van der Waals surface area contributed by atoms with Crippen LogP contribution in [-0.2, 0) is 10.0 Å². The molecule has 8 nitrogen and oxygen atoms in total. The number of nitrogens with zero attached hydrogens (tertiary/aromatic N) is 2. The third-order valence-corrected chi connectivity index (χ3v) is 5.66. The Bertz CT molecular complexity index is 1130. The number of methoxy groups -OCH3 is 2. The van der Waals surface area contributed by atoms with E-state index in [0.717, 1.165) is 5.56 Å². The second-order valence-electron chi connectivity index (χ2n) is 7.16. The third-order valence-electron chi connectivity index (χ3n) is 4.28. The Balaban J connectivity index is 1.80. The van der Waals surface area contributed by atoms with E-state index < -0.39 is 10.0 Å². The first-order valence-electron chi connectivity index (χ1n) is 9.64. The average molecular weight is 444 g/mol. The van der Waals surface area contributed by atoms with Crippen LogP contribution in [0.15, 0.2) is 59.5 Å². The van der Waals surface area contributed by atoms with E-state index in [-0.39, 0.29) is 4.90 Å². The Morgan fingerprint density at radius 3 is 2.35 bits per heavy atom. The summed E-state index contributed by atoms with van der Waals surface area (Å²) < 4.78 is 44.2. The fraction of sp³-hybridized carbons (Fsp3) is 0.273. The van der Waals surface area contributed by atoms with Gasteiger partial charge in [0.25, 0.3) is 10.0 Å². The van der Waals surface area contributed by atoms with E-state index in [2.05, 4.69) is 28.8 Å². The summed E-state index contributed by atoms with van der Waals surface area (Å²) in [5.74, 6) is 1.61. The van der Waals surface area contributed by atoms with Crippen molar-refractivity contribution in [3.63, 3.8) is 0 Å². The predicted octanol–water partition coefficient (Wildman–Crippen LogP) is 4.00. The summed E-state index contributed by atoms with van der Waals surface area (Å²) in [4.78, 5) is 0.0574. The Morgan fingerprint density at radius 2 is 1.71 bits per heavy atom. The standard InChI is InChI=1S/C22H25N3O5S/c1-15(2)14-30-22-11-9-19(23-24-22)16-6-5-7-17(12-16)25-31(26,27)18-8-10-20(28-3)21(13-18)29-4/h5-13,15,25H,14H2,1-4H3. The SMILES string of the molecule is COc1ccc(S(=O)(=O)Nc2cccc(-c3ccc(OCC(C)C)nn3)c2)cc1OC. The van der Waals surface area contributed by atoms with Crippen molar-refractivity contribution in [2.75, 3.05) is 25.5 Å². The maximum Gasteiger partial charge on any atom is 0.262 e. The minimum absolute atomic E-state index is 0.0574. The topological polar surface area (TPSA) is 99.6 Å². The van der Waals surface area contributed by atoms with Gasteiger partial charge in [0.2, 0.25) is 5.88 Å². The van der Waals surface area contributed by atoms with E-state index in [1.807, 2.05) is 6.07 Å². The summed E-state index contributed by atoms with van der Waals surface area (Å²) in [5, 5.41) is 8.26. The van der Waals surface area contributed by atoms with Crippen LogP contribution in [-0.4, -0.2) is 39.4 Å². The molecule has 164 valence electrons. The molecule has 9 heteroatoms. The Labute approximate surface area is 182 Å². The molecular formula is C22H25N3O5S. The van der Waals surface area contributed by atoms with Gasteiger partial charge >= 0.3 is 0 Å². The Kier molecular flexibility index (Phi) is 6.96. The van der Waals surface area contributed by atoms with E-state index in [1.54, 1.807) is 36.4 Å². The number of benzene rings is 2. The number of aromatic nitrogens is 2. The molecule has 0 radical (unpaired) electrons. The summed E-state index contributed by atoms with van der Waals surface area (Å²) in [6.07, 6.45) is 0. The van der Waals surface area contributed by atoms with Crippen molar-refractivity contribution in [1.29, 1.82) is 0 Å². The van der Waals surface area contributed by atoms with Crippen molar-refractivity contribution < 1.29 is 22.6 Å². The van der Waals surface area contributed by atoms with Crippen molar-refractivity contribution in [3.05, 3.63) is 54.6 Å². The monoisotopic (exact) mass is 443 g/mol. The molecule has 0 fully saturated rings. The van der Waals surface area contributed by atoms with E-state index in [4.69, 9.17) is 14.2 Å². The van der Waals surface area contributed by atoms with Gasteiger partial charge in [-0.15, -0.1) is 10.2 Å². The molecule has 0 aliphatic rings. The highest BCUT2D eigenvalue weighted by molar-refractivity contribution is 7.92. The molecule has 3 rings (SSSR count). The average Bonchev–Trinajstić information content (AvgIpc) is 2.77.